The van der Waals surface area contributed by atoms with Crippen molar-refractivity contribution >= 4 is 29.1 Å². The molecular formula is C28H24FNO6. The number of carbonyl (C=O) groups is 3. The van der Waals surface area contributed by atoms with Gasteiger partial charge < -0.3 is 14.6 Å². The monoisotopic (exact) mass is 489 g/mol. The molecule has 4 rings (SSSR count). The smallest absolute Gasteiger partial charge is 0.309 e. The van der Waals surface area contributed by atoms with Crippen LogP contribution in [0.1, 0.15) is 28.3 Å². The lowest BCUT2D eigenvalue weighted by atomic mass is 9.94. The molecule has 1 unspecified atom stereocenters. The summed E-state index contributed by atoms with van der Waals surface area (Å²) in [7, 11) is 2.80. The first-order valence-electron chi connectivity index (χ1n) is 11.1. The summed E-state index contributed by atoms with van der Waals surface area (Å²) in [4.78, 5) is 39.5. The Morgan fingerprint density at radius 2 is 1.75 bits per heavy atom. The van der Waals surface area contributed by atoms with E-state index in [2.05, 4.69) is 0 Å². The maximum atomic E-state index is 13.9. The summed E-state index contributed by atoms with van der Waals surface area (Å²) < 4.78 is 23.9. The van der Waals surface area contributed by atoms with Gasteiger partial charge in [0.1, 0.15) is 17.3 Å². The summed E-state index contributed by atoms with van der Waals surface area (Å²) in [5, 5.41) is 11.2. The third kappa shape index (κ3) is 4.57. The first-order chi connectivity index (χ1) is 17.2. The van der Waals surface area contributed by atoms with E-state index < -0.39 is 35.3 Å². The van der Waals surface area contributed by atoms with E-state index in [0.29, 0.717) is 22.6 Å². The number of Topliss-reactive ketones (excluding diaryl/α,β-unsaturated/α-hetero) is 1. The number of nitrogens with zero attached hydrogens (tertiary/aromatic N) is 1. The van der Waals surface area contributed by atoms with Crippen LogP contribution < -0.4 is 9.64 Å². The molecule has 1 fully saturated rings. The van der Waals surface area contributed by atoms with E-state index >= 15 is 0 Å². The van der Waals surface area contributed by atoms with Crippen molar-refractivity contribution in [3.05, 3.63) is 100 Å². The fraction of sp³-hybridized carbons (Fsp3) is 0.179. The van der Waals surface area contributed by atoms with E-state index in [4.69, 9.17) is 9.47 Å². The standard InChI is InChI=1S/C28H24FNO6/c1-16-13-19(9-12-22(16)29)26(32)24-25(18-5-4-6-21(15-18)35-2)30(28(34)27(24)33)20-10-7-17(8-11-20)14-23(31)36-3/h4-13,15,25,32H,14H2,1-3H3/b26-24-. The Balaban J connectivity index is 1.87. The number of ether oxygens (including phenoxy) is 2. The molecule has 0 spiro atoms. The number of hydrogen-bond acceptors (Lipinski definition) is 6. The minimum Gasteiger partial charge on any atom is -0.507 e. The molecule has 1 N–H and O–H groups in total. The zero-order chi connectivity index (χ0) is 26.0. The number of anilines is 1. The molecular weight excluding hydrogens is 465 g/mol. The number of benzene rings is 3. The Morgan fingerprint density at radius 3 is 2.39 bits per heavy atom. The predicted molar refractivity (Wildman–Crippen MR) is 131 cm³/mol. The number of aliphatic hydroxyl groups is 1. The number of hydrogen-bond donors (Lipinski definition) is 1. The van der Waals surface area contributed by atoms with Crippen LogP contribution in [0.5, 0.6) is 5.75 Å². The third-order valence-corrected chi connectivity index (χ3v) is 6.08. The van der Waals surface area contributed by atoms with Crippen molar-refractivity contribution in [1.29, 1.82) is 0 Å². The quantitative estimate of drug-likeness (QED) is 0.238. The number of carbonyl (C=O) groups excluding carboxylic acids is 3. The van der Waals surface area contributed by atoms with Gasteiger partial charge in [0.15, 0.2) is 0 Å². The van der Waals surface area contributed by atoms with Gasteiger partial charge in [-0.25, -0.2) is 4.39 Å². The van der Waals surface area contributed by atoms with E-state index in [9.17, 15) is 23.9 Å². The fourth-order valence-corrected chi connectivity index (χ4v) is 4.19. The van der Waals surface area contributed by atoms with Crippen molar-refractivity contribution in [1.82, 2.24) is 0 Å². The highest BCUT2D eigenvalue weighted by molar-refractivity contribution is 6.51. The summed E-state index contributed by atoms with van der Waals surface area (Å²) >= 11 is 0. The molecule has 1 aliphatic rings. The van der Waals surface area contributed by atoms with Crippen molar-refractivity contribution in [3.8, 4) is 5.75 Å². The zero-order valence-electron chi connectivity index (χ0n) is 19.9. The number of amides is 1. The topological polar surface area (TPSA) is 93.1 Å². The molecule has 0 bridgehead atoms. The summed E-state index contributed by atoms with van der Waals surface area (Å²) in [5.41, 5.74) is 1.97. The number of methoxy groups -OCH3 is 2. The molecule has 8 heteroatoms. The SMILES string of the molecule is COC(=O)Cc1ccc(N2C(=O)C(=O)/C(=C(\O)c3ccc(F)c(C)c3)C2c2cccc(OC)c2)cc1. The van der Waals surface area contributed by atoms with Crippen LogP contribution in [-0.2, 0) is 25.5 Å². The summed E-state index contributed by atoms with van der Waals surface area (Å²) in [6, 6.07) is 16.4. The van der Waals surface area contributed by atoms with Gasteiger partial charge in [0, 0.05) is 11.3 Å². The van der Waals surface area contributed by atoms with Gasteiger partial charge in [-0.05, 0) is 66.1 Å². The van der Waals surface area contributed by atoms with Gasteiger partial charge in [-0.15, -0.1) is 0 Å². The molecule has 0 aliphatic carbocycles. The highest BCUT2D eigenvalue weighted by Gasteiger charge is 2.47. The largest absolute Gasteiger partial charge is 0.507 e. The molecule has 1 atom stereocenters. The zero-order valence-corrected chi connectivity index (χ0v) is 19.9. The van der Waals surface area contributed by atoms with Crippen LogP contribution in [-0.4, -0.2) is 37.0 Å². The lowest BCUT2D eigenvalue weighted by molar-refractivity contribution is -0.139. The minimum absolute atomic E-state index is 0.0544. The highest BCUT2D eigenvalue weighted by atomic mass is 19.1. The van der Waals surface area contributed by atoms with E-state index in [-0.39, 0.29) is 23.1 Å². The Bertz CT molecular complexity index is 1380. The van der Waals surface area contributed by atoms with Crippen LogP contribution in [0.4, 0.5) is 10.1 Å². The van der Waals surface area contributed by atoms with Crippen molar-refractivity contribution in [2.75, 3.05) is 19.1 Å². The van der Waals surface area contributed by atoms with Crippen molar-refractivity contribution in [2.45, 2.75) is 19.4 Å². The van der Waals surface area contributed by atoms with Gasteiger partial charge in [0.25, 0.3) is 11.7 Å². The first-order valence-corrected chi connectivity index (χ1v) is 11.1. The average molecular weight is 489 g/mol. The van der Waals surface area contributed by atoms with E-state index in [1.807, 2.05) is 0 Å². The molecule has 1 saturated heterocycles. The van der Waals surface area contributed by atoms with E-state index in [0.717, 1.165) is 0 Å². The molecule has 0 aromatic heterocycles. The van der Waals surface area contributed by atoms with Gasteiger partial charge in [-0.3, -0.25) is 19.3 Å². The van der Waals surface area contributed by atoms with Crippen molar-refractivity contribution in [2.24, 2.45) is 0 Å². The number of ketones is 1. The number of rotatable bonds is 6. The van der Waals surface area contributed by atoms with Gasteiger partial charge >= 0.3 is 5.97 Å². The Kier molecular flexibility index (Phi) is 6.87. The van der Waals surface area contributed by atoms with Crippen LogP contribution >= 0.6 is 0 Å². The lowest BCUT2D eigenvalue weighted by Crippen LogP contribution is -2.29. The second kappa shape index (κ2) is 10.0. The predicted octanol–water partition coefficient (Wildman–Crippen LogP) is 4.48. The Labute approximate surface area is 207 Å². The summed E-state index contributed by atoms with van der Waals surface area (Å²) in [6.45, 7) is 1.54. The molecule has 36 heavy (non-hydrogen) atoms. The molecule has 3 aromatic carbocycles. The Hall–Kier alpha value is -4.46. The van der Waals surface area contributed by atoms with Gasteiger partial charge in [-0.1, -0.05) is 24.3 Å². The molecule has 1 amide bonds. The van der Waals surface area contributed by atoms with Crippen molar-refractivity contribution < 1.29 is 33.4 Å². The molecule has 1 aliphatic heterocycles. The molecule has 0 radical (unpaired) electrons. The lowest BCUT2D eigenvalue weighted by Gasteiger charge is -2.26. The number of halogens is 1. The van der Waals surface area contributed by atoms with Crippen LogP contribution in [0.15, 0.2) is 72.3 Å². The van der Waals surface area contributed by atoms with Crippen LogP contribution in [0, 0.1) is 12.7 Å². The van der Waals surface area contributed by atoms with Crippen LogP contribution in [0.25, 0.3) is 5.76 Å². The van der Waals surface area contributed by atoms with E-state index in [1.165, 1.54) is 37.3 Å². The number of aryl methyl sites for hydroxylation is 1. The summed E-state index contributed by atoms with van der Waals surface area (Å²) in [5.74, 6) is -2.47. The third-order valence-electron chi connectivity index (χ3n) is 6.08. The van der Waals surface area contributed by atoms with Gasteiger partial charge in [0.05, 0.1) is 32.3 Å². The molecule has 1 heterocycles. The maximum absolute atomic E-state index is 13.9. The highest BCUT2D eigenvalue weighted by Crippen LogP contribution is 2.43. The second-order valence-electron chi connectivity index (χ2n) is 8.33. The van der Waals surface area contributed by atoms with Gasteiger partial charge in [0.2, 0.25) is 0 Å². The first kappa shape index (κ1) is 24.7. The minimum atomic E-state index is -0.975. The second-order valence-corrected chi connectivity index (χ2v) is 8.33. The van der Waals surface area contributed by atoms with Gasteiger partial charge in [-0.2, -0.15) is 0 Å². The van der Waals surface area contributed by atoms with Crippen molar-refractivity contribution in [3.63, 3.8) is 0 Å². The number of aliphatic hydroxyl groups excluding tert-OH is 1. The maximum Gasteiger partial charge on any atom is 0.309 e. The summed E-state index contributed by atoms with van der Waals surface area (Å²) in [6.07, 6.45) is 0.0544. The van der Waals surface area contributed by atoms with E-state index in [1.54, 1.807) is 55.5 Å². The molecule has 3 aromatic rings. The molecule has 0 saturated carbocycles. The average Bonchev–Trinajstić information content (AvgIpc) is 3.15. The molecule has 7 nitrogen and oxygen atoms in total. The fourth-order valence-electron chi connectivity index (χ4n) is 4.19. The normalized spacial score (nSPS) is 16.8. The van der Waals surface area contributed by atoms with Crippen LogP contribution in [0.2, 0.25) is 0 Å². The Morgan fingerprint density at radius 1 is 1.03 bits per heavy atom. The van der Waals surface area contributed by atoms with Crippen LogP contribution in [0.3, 0.4) is 0 Å². The molecule has 184 valence electrons. The number of esters is 1.